The summed E-state index contributed by atoms with van der Waals surface area (Å²) in [6, 6.07) is 0. The topological polar surface area (TPSA) is 85.5 Å². The minimum absolute atomic E-state index is 0.232. The molecule has 0 aromatic carbocycles. The van der Waals surface area contributed by atoms with Crippen LogP contribution in [0.3, 0.4) is 0 Å². The third kappa shape index (κ3) is 1.74. The van der Waals surface area contributed by atoms with E-state index in [4.69, 9.17) is 14.3 Å². The van der Waals surface area contributed by atoms with Gasteiger partial charge in [-0.1, -0.05) is 0 Å². The molecule has 1 aliphatic heterocycles. The van der Waals surface area contributed by atoms with E-state index in [1.807, 2.05) is 0 Å². The van der Waals surface area contributed by atoms with E-state index in [1.165, 1.54) is 0 Å². The smallest absolute Gasteiger partial charge is 0.393 e. The molecule has 0 bridgehead atoms. The average molecular weight is 198 g/mol. The summed E-state index contributed by atoms with van der Waals surface area (Å²) >= 11 is 0. The maximum absolute atomic E-state index is 10.5. The number of rotatable bonds is 2. The number of hydrogen-bond acceptors (Lipinski definition) is 5. The van der Waals surface area contributed by atoms with Crippen molar-refractivity contribution in [1.29, 1.82) is 0 Å². The molecule has 76 valence electrons. The molecule has 14 heavy (non-hydrogen) atoms. The van der Waals surface area contributed by atoms with Crippen LogP contribution in [-0.2, 0) is 4.74 Å². The maximum atomic E-state index is 10.5. The standard InChI is InChI=1S/C8H10N2O4/c11-8(12)7-10-9-6(14-7)5-3-1-2-4-13-5/h5H,1-4H2,(H,11,12). The number of nitrogens with zero attached hydrogens (tertiary/aromatic N) is 2. The normalized spacial score (nSPS) is 22.1. The quantitative estimate of drug-likeness (QED) is 0.763. The molecular weight excluding hydrogens is 188 g/mol. The molecule has 1 aromatic rings. The minimum Gasteiger partial charge on any atom is -0.474 e. The molecule has 1 fully saturated rings. The van der Waals surface area contributed by atoms with E-state index in [0.717, 1.165) is 19.3 Å². The largest absolute Gasteiger partial charge is 0.474 e. The van der Waals surface area contributed by atoms with Crippen molar-refractivity contribution >= 4 is 5.97 Å². The molecule has 0 aliphatic carbocycles. The summed E-state index contributed by atoms with van der Waals surface area (Å²) in [5, 5.41) is 15.6. The van der Waals surface area contributed by atoms with Gasteiger partial charge in [-0.2, -0.15) is 0 Å². The van der Waals surface area contributed by atoms with Crippen LogP contribution < -0.4 is 0 Å². The molecular formula is C8H10N2O4. The summed E-state index contributed by atoms with van der Waals surface area (Å²) in [7, 11) is 0. The molecule has 1 atom stereocenters. The lowest BCUT2D eigenvalue weighted by Crippen LogP contribution is -2.11. The fraction of sp³-hybridized carbons (Fsp3) is 0.625. The Labute approximate surface area is 79.9 Å². The van der Waals surface area contributed by atoms with Gasteiger partial charge in [0.1, 0.15) is 6.10 Å². The summed E-state index contributed by atoms with van der Waals surface area (Å²) < 4.78 is 10.3. The van der Waals surface area contributed by atoms with Crippen LogP contribution in [0.4, 0.5) is 0 Å². The Morgan fingerprint density at radius 2 is 2.29 bits per heavy atom. The highest BCUT2D eigenvalue weighted by atomic mass is 16.5. The molecule has 1 aliphatic rings. The molecule has 6 nitrogen and oxygen atoms in total. The fourth-order valence-electron chi connectivity index (χ4n) is 1.39. The van der Waals surface area contributed by atoms with Crippen LogP contribution in [0.1, 0.15) is 41.9 Å². The van der Waals surface area contributed by atoms with Gasteiger partial charge in [-0.15, -0.1) is 10.2 Å². The highest BCUT2D eigenvalue weighted by Crippen LogP contribution is 2.26. The molecule has 2 rings (SSSR count). The second-order valence-corrected chi connectivity index (χ2v) is 3.11. The molecule has 2 heterocycles. The Bertz CT molecular complexity index is 330. The Hall–Kier alpha value is -1.43. The highest BCUT2D eigenvalue weighted by molar-refractivity contribution is 5.81. The molecule has 1 unspecified atom stereocenters. The number of carbonyl (C=O) groups is 1. The lowest BCUT2D eigenvalue weighted by Gasteiger charge is -2.18. The SMILES string of the molecule is O=C(O)c1nnc(C2CCCCO2)o1. The number of hydrogen-bond donors (Lipinski definition) is 1. The van der Waals surface area contributed by atoms with Crippen molar-refractivity contribution in [2.45, 2.75) is 25.4 Å². The van der Waals surface area contributed by atoms with E-state index in [9.17, 15) is 4.79 Å². The van der Waals surface area contributed by atoms with Gasteiger partial charge in [-0.3, -0.25) is 0 Å². The van der Waals surface area contributed by atoms with Crippen LogP contribution in [0.25, 0.3) is 0 Å². The van der Waals surface area contributed by atoms with E-state index in [-0.39, 0.29) is 17.9 Å². The predicted molar refractivity (Wildman–Crippen MR) is 43.8 cm³/mol. The van der Waals surface area contributed by atoms with Gasteiger partial charge in [0, 0.05) is 6.61 Å². The summed E-state index contributed by atoms with van der Waals surface area (Å²) in [6.07, 6.45) is 2.64. The van der Waals surface area contributed by atoms with Gasteiger partial charge in [0.05, 0.1) is 0 Å². The molecule has 1 aromatic heterocycles. The zero-order valence-electron chi connectivity index (χ0n) is 7.47. The number of carboxylic acid groups (broad SMARTS) is 1. The minimum atomic E-state index is -1.21. The van der Waals surface area contributed by atoms with Crippen molar-refractivity contribution in [3.63, 3.8) is 0 Å². The zero-order chi connectivity index (χ0) is 9.97. The molecule has 1 saturated heterocycles. The lowest BCUT2D eigenvalue weighted by molar-refractivity contribution is -0.00233. The Morgan fingerprint density at radius 3 is 2.86 bits per heavy atom. The maximum Gasteiger partial charge on any atom is 0.393 e. The molecule has 0 spiro atoms. The van der Waals surface area contributed by atoms with E-state index in [2.05, 4.69) is 10.2 Å². The van der Waals surface area contributed by atoms with Gasteiger partial charge < -0.3 is 14.3 Å². The molecule has 6 heteroatoms. The van der Waals surface area contributed by atoms with Crippen molar-refractivity contribution < 1.29 is 19.1 Å². The van der Waals surface area contributed by atoms with Gasteiger partial charge >= 0.3 is 11.9 Å². The molecule has 0 amide bonds. The third-order valence-corrected chi connectivity index (χ3v) is 2.08. The van der Waals surface area contributed by atoms with Crippen molar-refractivity contribution in [3.05, 3.63) is 11.8 Å². The van der Waals surface area contributed by atoms with Crippen molar-refractivity contribution in [3.8, 4) is 0 Å². The Morgan fingerprint density at radius 1 is 1.43 bits per heavy atom. The van der Waals surface area contributed by atoms with E-state index in [0.29, 0.717) is 6.61 Å². The van der Waals surface area contributed by atoms with Crippen LogP contribution in [-0.4, -0.2) is 27.9 Å². The number of ether oxygens (including phenoxy) is 1. The third-order valence-electron chi connectivity index (χ3n) is 2.08. The van der Waals surface area contributed by atoms with Gasteiger partial charge in [-0.05, 0) is 19.3 Å². The summed E-state index contributed by atoms with van der Waals surface area (Å²) in [6.45, 7) is 0.662. The highest BCUT2D eigenvalue weighted by Gasteiger charge is 2.23. The monoisotopic (exact) mass is 198 g/mol. The van der Waals surface area contributed by atoms with E-state index in [1.54, 1.807) is 0 Å². The van der Waals surface area contributed by atoms with Gasteiger partial charge in [0.2, 0.25) is 5.89 Å². The Balaban J connectivity index is 2.11. The molecule has 0 saturated carbocycles. The first kappa shape index (κ1) is 9.14. The predicted octanol–water partition coefficient (Wildman–Crippen LogP) is 1.01. The first-order valence-electron chi connectivity index (χ1n) is 4.45. The summed E-state index contributed by atoms with van der Waals surface area (Å²) in [4.78, 5) is 10.5. The second kappa shape index (κ2) is 3.75. The number of aromatic carboxylic acids is 1. The summed E-state index contributed by atoms with van der Waals surface area (Å²) in [5.41, 5.74) is 0. The average Bonchev–Trinajstić information content (AvgIpc) is 2.68. The first-order chi connectivity index (χ1) is 6.77. The molecule has 1 N–H and O–H groups in total. The van der Waals surface area contributed by atoms with Gasteiger partial charge in [0.25, 0.3) is 0 Å². The van der Waals surface area contributed by atoms with Crippen LogP contribution in [0.2, 0.25) is 0 Å². The zero-order valence-corrected chi connectivity index (χ0v) is 7.47. The first-order valence-corrected chi connectivity index (χ1v) is 4.45. The van der Waals surface area contributed by atoms with E-state index < -0.39 is 5.97 Å². The molecule has 0 radical (unpaired) electrons. The Kier molecular flexibility index (Phi) is 2.45. The number of carboxylic acids is 1. The second-order valence-electron chi connectivity index (χ2n) is 3.11. The van der Waals surface area contributed by atoms with Crippen LogP contribution in [0, 0.1) is 0 Å². The van der Waals surface area contributed by atoms with E-state index >= 15 is 0 Å². The number of aromatic nitrogens is 2. The van der Waals surface area contributed by atoms with Crippen LogP contribution in [0.15, 0.2) is 4.42 Å². The van der Waals surface area contributed by atoms with Crippen molar-refractivity contribution in [1.82, 2.24) is 10.2 Å². The van der Waals surface area contributed by atoms with Crippen molar-refractivity contribution in [2.24, 2.45) is 0 Å². The lowest BCUT2D eigenvalue weighted by atomic mass is 10.1. The van der Waals surface area contributed by atoms with Crippen LogP contribution in [0.5, 0.6) is 0 Å². The van der Waals surface area contributed by atoms with Crippen molar-refractivity contribution in [2.75, 3.05) is 6.61 Å². The van der Waals surface area contributed by atoms with Gasteiger partial charge in [0.15, 0.2) is 0 Å². The summed E-state index contributed by atoms with van der Waals surface area (Å²) in [5.74, 6) is -1.32. The fourth-order valence-corrected chi connectivity index (χ4v) is 1.39. The van der Waals surface area contributed by atoms with Gasteiger partial charge in [-0.25, -0.2) is 4.79 Å². The van der Waals surface area contributed by atoms with Crippen LogP contribution >= 0.6 is 0 Å².